The first-order valence-electron chi connectivity index (χ1n) is 5.95. The van der Waals surface area contributed by atoms with Gasteiger partial charge in [-0.25, -0.2) is 4.98 Å². The molecule has 100 valence electrons. The molecule has 5 nitrogen and oxygen atoms in total. The smallest absolute Gasteiger partial charge is 0.231 e. The Morgan fingerprint density at radius 3 is 2.84 bits per heavy atom. The summed E-state index contributed by atoms with van der Waals surface area (Å²) in [6.07, 6.45) is 0.502. The molecule has 0 amide bonds. The summed E-state index contributed by atoms with van der Waals surface area (Å²) in [5, 5.41) is 8.96. The fourth-order valence-corrected chi connectivity index (χ4v) is 2.63. The molecule has 1 aliphatic heterocycles. The fraction of sp³-hybridized carbons (Fsp3) is 0.308. The lowest BCUT2D eigenvalue weighted by Gasteiger charge is -2.05. The predicted octanol–water partition coefficient (Wildman–Crippen LogP) is 2.41. The van der Waals surface area contributed by atoms with E-state index in [1.165, 1.54) is 0 Å². The van der Waals surface area contributed by atoms with Gasteiger partial charge in [0.25, 0.3) is 0 Å². The molecule has 2 heterocycles. The highest BCUT2D eigenvalue weighted by atomic mass is 79.9. The van der Waals surface area contributed by atoms with Crippen LogP contribution < -0.4 is 9.47 Å². The van der Waals surface area contributed by atoms with Gasteiger partial charge < -0.3 is 19.6 Å². The summed E-state index contributed by atoms with van der Waals surface area (Å²) in [5.74, 6) is 2.25. The van der Waals surface area contributed by atoms with Crippen molar-refractivity contribution in [1.82, 2.24) is 9.97 Å². The Kier molecular flexibility index (Phi) is 3.20. The third-order valence-corrected chi connectivity index (χ3v) is 3.61. The van der Waals surface area contributed by atoms with Gasteiger partial charge in [-0.2, -0.15) is 0 Å². The zero-order valence-corrected chi connectivity index (χ0v) is 12.0. The standard InChI is InChI=1S/C13H13BrN2O3/c1-7-4-9-10(19-6-18-9)5-8(7)12-13(14)16-11(15-12)2-3-17/h4-5,17H,2-3,6H2,1H3,(H,15,16). The van der Waals surface area contributed by atoms with Crippen LogP contribution in [0.2, 0.25) is 0 Å². The minimum Gasteiger partial charge on any atom is -0.454 e. The van der Waals surface area contributed by atoms with Crippen molar-refractivity contribution in [1.29, 1.82) is 0 Å². The van der Waals surface area contributed by atoms with E-state index in [-0.39, 0.29) is 13.4 Å². The predicted molar refractivity (Wildman–Crippen MR) is 73.4 cm³/mol. The number of fused-ring (bicyclic) bond motifs is 1. The van der Waals surface area contributed by atoms with Crippen LogP contribution in [0.5, 0.6) is 11.5 Å². The first kappa shape index (κ1) is 12.5. The second kappa shape index (κ2) is 4.86. The zero-order valence-electron chi connectivity index (χ0n) is 10.4. The number of imidazole rings is 1. The van der Waals surface area contributed by atoms with Gasteiger partial charge >= 0.3 is 0 Å². The first-order valence-corrected chi connectivity index (χ1v) is 6.74. The summed E-state index contributed by atoms with van der Waals surface area (Å²) in [6, 6.07) is 3.88. The molecule has 0 radical (unpaired) electrons. The molecule has 0 bridgehead atoms. The third kappa shape index (κ3) is 2.21. The van der Waals surface area contributed by atoms with Crippen molar-refractivity contribution < 1.29 is 14.6 Å². The molecular formula is C13H13BrN2O3. The van der Waals surface area contributed by atoms with Crippen LogP contribution in [-0.4, -0.2) is 28.5 Å². The highest BCUT2D eigenvalue weighted by Crippen LogP contribution is 2.39. The summed E-state index contributed by atoms with van der Waals surface area (Å²) in [4.78, 5) is 7.61. The van der Waals surface area contributed by atoms with Gasteiger partial charge in [-0.05, 0) is 40.5 Å². The summed E-state index contributed by atoms with van der Waals surface area (Å²) >= 11 is 3.47. The van der Waals surface area contributed by atoms with Crippen LogP contribution in [0.25, 0.3) is 11.3 Å². The lowest BCUT2D eigenvalue weighted by Crippen LogP contribution is -1.93. The minimum absolute atomic E-state index is 0.0690. The van der Waals surface area contributed by atoms with Crippen LogP contribution >= 0.6 is 15.9 Å². The van der Waals surface area contributed by atoms with Gasteiger partial charge in [0.1, 0.15) is 16.1 Å². The summed E-state index contributed by atoms with van der Waals surface area (Å²) < 4.78 is 11.5. The number of rotatable bonds is 3. The Bertz CT molecular complexity index is 625. The third-order valence-electron chi connectivity index (χ3n) is 3.03. The Morgan fingerprint density at radius 1 is 1.37 bits per heavy atom. The van der Waals surface area contributed by atoms with Crippen molar-refractivity contribution in [2.45, 2.75) is 13.3 Å². The van der Waals surface area contributed by atoms with Crippen LogP contribution in [-0.2, 0) is 6.42 Å². The van der Waals surface area contributed by atoms with Crippen LogP contribution in [0.15, 0.2) is 16.7 Å². The number of benzene rings is 1. The van der Waals surface area contributed by atoms with E-state index in [9.17, 15) is 0 Å². The molecule has 1 aliphatic rings. The number of halogens is 1. The fourth-order valence-electron chi connectivity index (χ4n) is 2.10. The van der Waals surface area contributed by atoms with Gasteiger partial charge in [0.2, 0.25) is 6.79 Å². The van der Waals surface area contributed by atoms with E-state index >= 15 is 0 Å². The van der Waals surface area contributed by atoms with Gasteiger partial charge in [0.05, 0.1) is 6.61 Å². The van der Waals surface area contributed by atoms with E-state index in [4.69, 9.17) is 14.6 Å². The van der Waals surface area contributed by atoms with E-state index in [2.05, 4.69) is 25.9 Å². The molecule has 0 saturated heterocycles. The second-order valence-electron chi connectivity index (χ2n) is 4.34. The molecule has 0 atom stereocenters. The molecule has 0 spiro atoms. The molecule has 1 aromatic heterocycles. The Labute approximate surface area is 118 Å². The maximum atomic E-state index is 8.96. The molecule has 2 aromatic rings. The number of nitrogens with one attached hydrogen (secondary N) is 1. The van der Waals surface area contributed by atoms with Crippen LogP contribution in [0.1, 0.15) is 11.4 Å². The summed E-state index contributed by atoms with van der Waals surface area (Å²) in [5.41, 5.74) is 2.86. The molecule has 2 N–H and O–H groups in total. The molecular weight excluding hydrogens is 312 g/mol. The molecule has 0 saturated carbocycles. The monoisotopic (exact) mass is 324 g/mol. The van der Waals surface area contributed by atoms with Gasteiger partial charge in [-0.15, -0.1) is 0 Å². The van der Waals surface area contributed by atoms with Crippen molar-refractivity contribution in [2.24, 2.45) is 0 Å². The first-order chi connectivity index (χ1) is 9.19. The molecule has 0 unspecified atom stereocenters. The SMILES string of the molecule is Cc1cc2c(cc1-c1nc(CCO)[nH]c1Br)OCO2. The van der Waals surface area contributed by atoms with Crippen LogP contribution in [0.3, 0.4) is 0 Å². The van der Waals surface area contributed by atoms with Crippen LogP contribution in [0.4, 0.5) is 0 Å². The van der Waals surface area contributed by atoms with E-state index in [1.807, 2.05) is 19.1 Å². The molecule has 6 heteroatoms. The van der Waals surface area contributed by atoms with E-state index in [1.54, 1.807) is 0 Å². The molecule has 19 heavy (non-hydrogen) atoms. The zero-order chi connectivity index (χ0) is 13.4. The summed E-state index contributed by atoms with van der Waals surface area (Å²) in [7, 11) is 0. The number of aliphatic hydroxyl groups excluding tert-OH is 1. The number of hydrogen-bond donors (Lipinski definition) is 2. The molecule has 1 aromatic carbocycles. The highest BCUT2D eigenvalue weighted by molar-refractivity contribution is 9.10. The Hall–Kier alpha value is -1.53. The van der Waals surface area contributed by atoms with Crippen molar-refractivity contribution >= 4 is 15.9 Å². The number of H-pyrrole nitrogens is 1. The normalized spacial score (nSPS) is 13.0. The number of aromatic amines is 1. The molecule has 0 fully saturated rings. The largest absolute Gasteiger partial charge is 0.454 e. The number of ether oxygens (including phenoxy) is 2. The van der Waals surface area contributed by atoms with Crippen molar-refractivity contribution in [3.05, 3.63) is 28.1 Å². The minimum atomic E-state index is 0.0690. The second-order valence-corrected chi connectivity index (χ2v) is 5.13. The Balaban J connectivity index is 2.06. The van der Waals surface area contributed by atoms with E-state index in [0.29, 0.717) is 6.42 Å². The Morgan fingerprint density at radius 2 is 2.11 bits per heavy atom. The number of aromatic nitrogens is 2. The van der Waals surface area contributed by atoms with E-state index in [0.717, 1.165) is 38.7 Å². The van der Waals surface area contributed by atoms with Gasteiger partial charge in [0.15, 0.2) is 11.5 Å². The molecule has 3 rings (SSSR count). The van der Waals surface area contributed by atoms with Gasteiger partial charge in [0, 0.05) is 12.0 Å². The van der Waals surface area contributed by atoms with Gasteiger partial charge in [-0.1, -0.05) is 0 Å². The van der Waals surface area contributed by atoms with Crippen molar-refractivity contribution in [3.8, 4) is 22.8 Å². The van der Waals surface area contributed by atoms with Crippen LogP contribution in [0, 0.1) is 6.92 Å². The van der Waals surface area contributed by atoms with Gasteiger partial charge in [-0.3, -0.25) is 0 Å². The lowest BCUT2D eigenvalue weighted by molar-refractivity contribution is 0.174. The quantitative estimate of drug-likeness (QED) is 0.909. The van der Waals surface area contributed by atoms with Crippen molar-refractivity contribution in [3.63, 3.8) is 0 Å². The highest BCUT2D eigenvalue weighted by Gasteiger charge is 2.19. The number of hydrogen-bond acceptors (Lipinski definition) is 4. The maximum absolute atomic E-state index is 8.96. The van der Waals surface area contributed by atoms with Crippen molar-refractivity contribution in [2.75, 3.05) is 13.4 Å². The average Bonchev–Trinajstić information content (AvgIpc) is 2.95. The number of nitrogens with zero attached hydrogens (tertiary/aromatic N) is 1. The average molecular weight is 325 g/mol. The number of aryl methyl sites for hydroxylation is 1. The summed E-state index contributed by atoms with van der Waals surface area (Å²) in [6.45, 7) is 2.33. The lowest BCUT2D eigenvalue weighted by atomic mass is 10.1. The number of aliphatic hydroxyl groups is 1. The van der Waals surface area contributed by atoms with E-state index < -0.39 is 0 Å². The maximum Gasteiger partial charge on any atom is 0.231 e. The topological polar surface area (TPSA) is 67.4 Å². The molecule has 0 aliphatic carbocycles.